The topological polar surface area (TPSA) is 177 Å². The first-order valence-electron chi connectivity index (χ1n) is 21.0. The van der Waals surface area contributed by atoms with Gasteiger partial charge in [-0.05, 0) is 56.7 Å². The van der Waals surface area contributed by atoms with Crippen LogP contribution in [0.25, 0.3) is 0 Å². The van der Waals surface area contributed by atoms with E-state index in [0.717, 1.165) is 18.4 Å². The van der Waals surface area contributed by atoms with Crippen molar-refractivity contribution >= 4 is 23.6 Å². The minimum atomic E-state index is -0.761. The lowest BCUT2D eigenvalue weighted by atomic mass is 9.89. The maximum absolute atomic E-state index is 14.3. The Morgan fingerprint density at radius 1 is 0.948 bits per heavy atom. The summed E-state index contributed by atoms with van der Waals surface area (Å²) >= 11 is 0. The van der Waals surface area contributed by atoms with Crippen molar-refractivity contribution < 1.29 is 28.7 Å². The van der Waals surface area contributed by atoms with Gasteiger partial charge in [-0.3, -0.25) is 28.8 Å². The minimum absolute atomic E-state index is 0.0199. The Hall–Kier alpha value is -3.92. The minimum Gasteiger partial charge on any atom is -0.379 e. The zero-order chi connectivity index (χ0) is 43.3. The third-order valence-corrected chi connectivity index (χ3v) is 11.8. The van der Waals surface area contributed by atoms with Crippen LogP contribution < -0.4 is 16.4 Å². The van der Waals surface area contributed by atoms with E-state index in [1.54, 1.807) is 37.0 Å². The van der Waals surface area contributed by atoms with Gasteiger partial charge in [0.2, 0.25) is 23.6 Å². The van der Waals surface area contributed by atoms with Gasteiger partial charge in [0.25, 0.3) is 0 Å². The fraction of sp³-hybridized carbons (Fsp3) is 0.721. The van der Waals surface area contributed by atoms with Crippen LogP contribution in [0, 0.1) is 23.7 Å². The molecule has 9 atom stereocenters. The molecule has 2 heterocycles. The smallest absolute Gasteiger partial charge is 0.245 e. The number of likely N-dealkylation sites (N-methyl/N-ethyl adjacent to an activating group) is 2. The number of rotatable bonds is 23. The number of ether oxygens (including phenoxy) is 2. The summed E-state index contributed by atoms with van der Waals surface area (Å²) in [6.45, 7) is 15.0. The molecule has 1 aromatic carbocycles. The van der Waals surface area contributed by atoms with Crippen LogP contribution in [0.15, 0.2) is 36.5 Å². The van der Waals surface area contributed by atoms with E-state index in [1.165, 1.54) is 0 Å². The van der Waals surface area contributed by atoms with Crippen LogP contribution in [0.4, 0.5) is 0 Å². The van der Waals surface area contributed by atoms with Gasteiger partial charge in [0, 0.05) is 40.6 Å². The number of nitrogens with one attached hydrogen (secondary N) is 2. The predicted octanol–water partition coefficient (Wildman–Crippen LogP) is 3.11. The van der Waals surface area contributed by atoms with E-state index < -0.39 is 36.3 Å². The summed E-state index contributed by atoms with van der Waals surface area (Å²) in [5, 5.41) is 14.6. The predicted molar refractivity (Wildman–Crippen MR) is 225 cm³/mol. The number of nitrogens with two attached hydrogens (primary N) is 1. The molecule has 0 radical (unpaired) electrons. The zero-order valence-corrected chi connectivity index (χ0v) is 37.2. The highest BCUT2D eigenvalue weighted by Gasteiger charge is 2.43. The molecule has 1 aliphatic rings. The van der Waals surface area contributed by atoms with Gasteiger partial charge >= 0.3 is 0 Å². The number of likely N-dealkylation sites (tertiary alicyclic amines) is 1. The second kappa shape index (κ2) is 23.0. The number of amides is 4. The molecular formula is C43H73N9O6. The van der Waals surface area contributed by atoms with Crippen LogP contribution in [0.2, 0.25) is 0 Å². The zero-order valence-electron chi connectivity index (χ0n) is 37.2. The summed E-state index contributed by atoms with van der Waals surface area (Å²) in [6.07, 6.45) is 3.40. The molecular weight excluding hydrogens is 739 g/mol. The number of benzene rings is 1. The average molecular weight is 812 g/mol. The molecule has 1 fully saturated rings. The highest BCUT2D eigenvalue weighted by Crippen LogP contribution is 2.30. The second-order valence-electron chi connectivity index (χ2n) is 17.0. The first-order chi connectivity index (χ1) is 27.5. The van der Waals surface area contributed by atoms with Gasteiger partial charge in [-0.1, -0.05) is 90.4 Å². The van der Waals surface area contributed by atoms with Crippen molar-refractivity contribution in [2.75, 3.05) is 41.9 Å². The second-order valence-corrected chi connectivity index (χ2v) is 17.0. The van der Waals surface area contributed by atoms with Crippen LogP contribution in [0.5, 0.6) is 0 Å². The molecule has 1 saturated heterocycles. The van der Waals surface area contributed by atoms with Crippen molar-refractivity contribution in [2.24, 2.45) is 29.4 Å². The monoisotopic (exact) mass is 812 g/mol. The molecule has 326 valence electrons. The maximum Gasteiger partial charge on any atom is 0.245 e. The van der Waals surface area contributed by atoms with E-state index in [-0.39, 0.29) is 66.4 Å². The largest absolute Gasteiger partial charge is 0.379 e. The van der Waals surface area contributed by atoms with E-state index >= 15 is 0 Å². The summed E-state index contributed by atoms with van der Waals surface area (Å²) in [5.41, 5.74) is 7.50. The molecule has 15 heteroatoms. The Kier molecular flexibility index (Phi) is 19.2. The number of hydrogen-bond acceptors (Lipinski definition) is 10. The molecule has 0 spiro atoms. The first-order valence-corrected chi connectivity index (χ1v) is 21.0. The maximum atomic E-state index is 14.3. The summed E-state index contributed by atoms with van der Waals surface area (Å²) in [6, 6.07) is 7.71. The molecule has 4 amide bonds. The Bertz CT molecular complexity index is 1580. The Morgan fingerprint density at radius 2 is 1.62 bits per heavy atom. The van der Waals surface area contributed by atoms with Gasteiger partial charge in [-0.15, -0.1) is 5.10 Å². The van der Waals surface area contributed by atoms with E-state index in [1.807, 2.05) is 88.8 Å². The SMILES string of the molecule is CC[C@H](C)[C@@H]([C@@H](CC(=O)N1CCC[C@H]1[C@H](OC)[C@@H](C)C(=O)N[C@@H](Cc1ccccc1)Cn1cc(CN)nn1)OC)N(C)C(=O)[C@@H](NC(=O)[C@H](C(C)C)N(C)C)C(C)C. The van der Waals surface area contributed by atoms with Crippen molar-refractivity contribution in [3.63, 3.8) is 0 Å². The summed E-state index contributed by atoms with van der Waals surface area (Å²) in [5.74, 6) is -1.47. The van der Waals surface area contributed by atoms with Crippen molar-refractivity contribution in [2.45, 2.75) is 136 Å². The molecule has 0 unspecified atom stereocenters. The Labute approximate surface area is 347 Å². The molecule has 0 saturated carbocycles. The molecule has 0 bridgehead atoms. The van der Waals surface area contributed by atoms with E-state index in [2.05, 4.69) is 34.8 Å². The van der Waals surface area contributed by atoms with Crippen LogP contribution in [-0.4, -0.2) is 138 Å². The summed E-state index contributed by atoms with van der Waals surface area (Å²) in [4.78, 5) is 61.5. The van der Waals surface area contributed by atoms with Crippen LogP contribution >= 0.6 is 0 Å². The third-order valence-electron chi connectivity index (χ3n) is 11.8. The molecule has 58 heavy (non-hydrogen) atoms. The number of carbonyl (C=O) groups excluding carboxylic acids is 4. The highest BCUT2D eigenvalue weighted by atomic mass is 16.5. The van der Waals surface area contributed by atoms with Gasteiger partial charge in [-0.2, -0.15) is 0 Å². The molecule has 2 aromatic rings. The van der Waals surface area contributed by atoms with Crippen LogP contribution in [0.1, 0.15) is 85.4 Å². The molecule has 4 N–H and O–H groups in total. The van der Waals surface area contributed by atoms with Crippen molar-refractivity contribution in [3.8, 4) is 0 Å². The quantitative estimate of drug-likeness (QED) is 0.151. The molecule has 3 rings (SSSR count). The van der Waals surface area contributed by atoms with Crippen molar-refractivity contribution in [3.05, 3.63) is 47.8 Å². The molecule has 0 aliphatic carbocycles. The van der Waals surface area contributed by atoms with Gasteiger partial charge in [0.05, 0.1) is 61.0 Å². The fourth-order valence-corrected chi connectivity index (χ4v) is 8.55. The Morgan fingerprint density at radius 3 is 2.16 bits per heavy atom. The van der Waals surface area contributed by atoms with Crippen LogP contribution in [0.3, 0.4) is 0 Å². The number of methoxy groups -OCH3 is 2. The van der Waals surface area contributed by atoms with E-state index in [4.69, 9.17) is 15.2 Å². The molecule has 1 aromatic heterocycles. The number of aromatic nitrogens is 3. The lowest BCUT2D eigenvalue weighted by Gasteiger charge is -2.41. The van der Waals surface area contributed by atoms with Crippen molar-refractivity contribution in [1.29, 1.82) is 0 Å². The van der Waals surface area contributed by atoms with Crippen LogP contribution in [-0.2, 0) is 48.2 Å². The van der Waals surface area contributed by atoms with E-state index in [0.29, 0.717) is 31.6 Å². The van der Waals surface area contributed by atoms with Gasteiger partial charge in [0.15, 0.2) is 0 Å². The number of hydrogen-bond donors (Lipinski definition) is 3. The van der Waals surface area contributed by atoms with Gasteiger partial charge < -0.3 is 35.6 Å². The number of carbonyl (C=O) groups is 4. The Balaban J connectivity index is 1.79. The third kappa shape index (κ3) is 12.8. The lowest BCUT2D eigenvalue weighted by Crippen LogP contribution is -2.59. The van der Waals surface area contributed by atoms with Gasteiger partial charge in [0.1, 0.15) is 6.04 Å². The average Bonchev–Trinajstić information content (AvgIpc) is 3.86. The fourth-order valence-electron chi connectivity index (χ4n) is 8.55. The summed E-state index contributed by atoms with van der Waals surface area (Å²) in [7, 11) is 8.63. The summed E-state index contributed by atoms with van der Waals surface area (Å²) < 4.78 is 13.8. The molecule has 1 aliphatic heterocycles. The standard InChI is InChI=1S/C43H73N9O6/c1-13-29(6)39(50(10)43(56)37(27(2)3)46-42(55)38(28(4)5)49(8)9)35(57-11)23-36(53)52-21-17-20-34(52)40(58-12)30(7)41(54)45-32(22-31-18-15-14-16-19-31)25-51-26-33(24-44)47-48-51/h14-16,18-19,26-30,32,34-35,37-40H,13,17,20-25,44H2,1-12H3,(H,45,54)(H,46,55)/t29-,30+,32-,34-,35+,37-,38-,39-,40+/m0/s1. The molecule has 15 nitrogen and oxygen atoms in total. The number of nitrogens with zero attached hydrogens (tertiary/aromatic N) is 6. The normalized spacial score (nSPS) is 18.7. The van der Waals surface area contributed by atoms with E-state index in [9.17, 15) is 19.2 Å². The van der Waals surface area contributed by atoms with Gasteiger partial charge in [-0.25, -0.2) is 0 Å². The van der Waals surface area contributed by atoms with Crippen molar-refractivity contribution in [1.82, 2.24) is 40.3 Å². The highest BCUT2D eigenvalue weighted by molar-refractivity contribution is 5.90. The first kappa shape index (κ1) is 48.4. The lowest BCUT2D eigenvalue weighted by molar-refractivity contribution is -0.148.